The Balaban J connectivity index is 1.65. The van der Waals surface area contributed by atoms with Crippen molar-refractivity contribution in [3.05, 3.63) is 30.1 Å². The maximum absolute atomic E-state index is 12.6. The second kappa shape index (κ2) is 6.12. The van der Waals surface area contributed by atoms with Crippen LogP contribution in [0.5, 0.6) is 0 Å². The Hall–Kier alpha value is -1.46. The van der Waals surface area contributed by atoms with Crippen molar-refractivity contribution in [2.24, 2.45) is 0 Å². The van der Waals surface area contributed by atoms with E-state index in [1.807, 2.05) is 17.0 Å². The molecule has 2 aliphatic rings. The highest BCUT2D eigenvalue weighted by Crippen LogP contribution is 2.26. The van der Waals surface area contributed by atoms with Gasteiger partial charge < -0.3 is 10.0 Å². The van der Waals surface area contributed by atoms with Gasteiger partial charge in [-0.3, -0.25) is 14.7 Å². The highest BCUT2D eigenvalue weighted by Gasteiger charge is 2.43. The molecule has 5 heteroatoms. The van der Waals surface area contributed by atoms with Crippen molar-refractivity contribution in [2.75, 3.05) is 26.2 Å². The zero-order chi connectivity index (χ0) is 14.7. The van der Waals surface area contributed by atoms with E-state index in [4.69, 9.17) is 0 Å². The SMILES string of the molecule is O=C(N1CCCC1)C1(O)CCCN(Cc2ccncc2)C1. The predicted molar refractivity (Wildman–Crippen MR) is 79.5 cm³/mol. The molecule has 114 valence electrons. The van der Waals surface area contributed by atoms with Gasteiger partial charge in [0, 0.05) is 38.6 Å². The number of carbonyl (C=O) groups is 1. The molecule has 1 amide bonds. The van der Waals surface area contributed by atoms with Crippen LogP contribution in [0.2, 0.25) is 0 Å². The smallest absolute Gasteiger partial charge is 0.255 e. The summed E-state index contributed by atoms with van der Waals surface area (Å²) in [4.78, 5) is 20.6. The molecular formula is C16H23N3O2. The Morgan fingerprint density at radius 2 is 1.90 bits per heavy atom. The zero-order valence-corrected chi connectivity index (χ0v) is 12.4. The van der Waals surface area contributed by atoms with Gasteiger partial charge in [-0.1, -0.05) is 0 Å². The third-order valence-electron chi connectivity index (χ3n) is 4.50. The first-order valence-electron chi connectivity index (χ1n) is 7.80. The summed E-state index contributed by atoms with van der Waals surface area (Å²) in [5, 5.41) is 10.8. The van der Waals surface area contributed by atoms with E-state index in [1.54, 1.807) is 12.4 Å². The molecule has 21 heavy (non-hydrogen) atoms. The fourth-order valence-corrected chi connectivity index (χ4v) is 3.39. The number of likely N-dealkylation sites (tertiary alicyclic amines) is 2. The highest BCUT2D eigenvalue weighted by atomic mass is 16.3. The maximum Gasteiger partial charge on any atom is 0.255 e. The number of hydrogen-bond donors (Lipinski definition) is 1. The molecule has 1 aromatic heterocycles. The number of β-amino-alcohol motifs (C(OH)–C–C–N with tert-alkyl or cyclic N) is 1. The lowest BCUT2D eigenvalue weighted by molar-refractivity contribution is -0.156. The number of piperidine rings is 1. The van der Waals surface area contributed by atoms with Crippen LogP contribution in [-0.2, 0) is 11.3 Å². The maximum atomic E-state index is 12.6. The lowest BCUT2D eigenvalue weighted by atomic mass is 9.91. The van der Waals surface area contributed by atoms with Crippen LogP contribution in [0.1, 0.15) is 31.2 Å². The fourth-order valence-electron chi connectivity index (χ4n) is 3.39. The molecule has 1 N–H and O–H groups in total. The van der Waals surface area contributed by atoms with Crippen LogP contribution in [0.3, 0.4) is 0 Å². The predicted octanol–water partition coefficient (Wildman–Crippen LogP) is 1.03. The van der Waals surface area contributed by atoms with Crippen LogP contribution >= 0.6 is 0 Å². The van der Waals surface area contributed by atoms with Crippen molar-refractivity contribution in [2.45, 2.75) is 37.8 Å². The third kappa shape index (κ3) is 3.24. The van der Waals surface area contributed by atoms with Crippen LogP contribution in [-0.4, -0.2) is 57.6 Å². The minimum Gasteiger partial charge on any atom is -0.379 e. The lowest BCUT2D eigenvalue weighted by Crippen LogP contribution is -2.57. The molecular weight excluding hydrogens is 266 g/mol. The molecule has 0 saturated carbocycles. The van der Waals surface area contributed by atoms with Gasteiger partial charge in [-0.2, -0.15) is 0 Å². The van der Waals surface area contributed by atoms with Crippen molar-refractivity contribution in [1.82, 2.24) is 14.8 Å². The summed E-state index contributed by atoms with van der Waals surface area (Å²) in [5.41, 5.74) is -0.0295. The molecule has 1 aromatic rings. The molecule has 2 fully saturated rings. The number of aliphatic hydroxyl groups is 1. The van der Waals surface area contributed by atoms with E-state index < -0.39 is 5.60 Å². The summed E-state index contributed by atoms with van der Waals surface area (Å²) < 4.78 is 0. The van der Waals surface area contributed by atoms with Gasteiger partial charge in [0.2, 0.25) is 0 Å². The molecule has 5 nitrogen and oxygen atoms in total. The number of rotatable bonds is 3. The Morgan fingerprint density at radius 1 is 1.19 bits per heavy atom. The normalized spacial score (nSPS) is 27.0. The largest absolute Gasteiger partial charge is 0.379 e. The van der Waals surface area contributed by atoms with Crippen LogP contribution in [0.15, 0.2) is 24.5 Å². The van der Waals surface area contributed by atoms with E-state index >= 15 is 0 Å². The van der Waals surface area contributed by atoms with Gasteiger partial charge in [-0.05, 0) is 49.9 Å². The van der Waals surface area contributed by atoms with E-state index in [2.05, 4.69) is 9.88 Å². The topological polar surface area (TPSA) is 56.7 Å². The Labute approximate surface area is 125 Å². The van der Waals surface area contributed by atoms with E-state index in [0.717, 1.165) is 45.4 Å². The third-order valence-corrected chi connectivity index (χ3v) is 4.50. The lowest BCUT2D eigenvalue weighted by Gasteiger charge is -2.40. The Bertz CT molecular complexity index is 488. The molecule has 2 aliphatic heterocycles. The van der Waals surface area contributed by atoms with E-state index in [9.17, 15) is 9.90 Å². The van der Waals surface area contributed by atoms with E-state index in [-0.39, 0.29) is 5.91 Å². The molecule has 0 aromatic carbocycles. The summed E-state index contributed by atoms with van der Waals surface area (Å²) in [6.45, 7) is 3.72. The molecule has 0 aliphatic carbocycles. The second-order valence-corrected chi connectivity index (χ2v) is 6.20. The zero-order valence-electron chi connectivity index (χ0n) is 12.4. The Morgan fingerprint density at radius 3 is 2.62 bits per heavy atom. The first-order valence-corrected chi connectivity index (χ1v) is 7.80. The number of nitrogens with zero attached hydrogens (tertiary/aromatic N) is 3. The number of hydrogen-bond acceptors (Lipinski definition) is 4. The summed E-state index contributed by atoms with van der Waals surface area (Å²) >= 11 is 0. The number of pyridine rings is 1. The molecule has 3 heterocycles. The Kier molecular flexibility index (Phi) is 4.22. The summed E-state index contributed by atoms with van der Waals surface area (Å²) in [6, 6.07) is 3.96. The monoisotopic (exact) mass is 289 g/mol. The van der Waals surface area contributed by atoms with Crippen molar-refractivity contribution in [3.63, 3.8) is 0 Å². The first kappa shape index (κ1) is 14.5. The summed E-state index contributed by atoms with van der Waals surface area (Å²) in [7, 11) is 0. The van der Waals surface area contributed by atoms with Crippen molar-refractivity contribution >= 4 is 5.91 Å². The second-order valence-electron chi connectivity index (χ2n) is 6.20. The van der Waals surface area contributed by atoms with Crippen molar-refractivity contribution in [1.29, 1.82) is 0 Å². The van der Waals surface area contributed by atoms with Crippen LogP contribution in [0.4, 0.5) is 0 Å². The minimum atomic E-state index is -1.20. The summed E-state index contributed by atoms with van der Waals surface area (Å²) in [5.74, 6) is -0.0700. The van der Waals surface area contributed by atoms with Gasteiger partial charge >= 0.3 is 0 Å². The van der Waals surface area contributed by atoms with Gasteiger partial charge in [-0.15, -0.1) is 0 Å². The molecule has 0 spiro atoms. The molecule has 0 radical (unpaired) electrons. The van der Waals surface area contributed by atoms with Gasteiger partial charge in [-0.25, -0.2) is 0 Å². The number of aromatic nitrogens is 1. The van der Waals surface area contributed by atoms with Crippen molar-refractivity contribution < 1.29 is 9.90 Å². The molecule has 2 saturated heterocycles. The highest BCUT2D eigenvalue weighted by molar-refractivity contribution is 5.85. The molecule has 1 atom stereocenters. The average Bonchev–Trinajstić information content (AvgIpc) is 3.02. The van der Waals surface area contributed by atoms with Crippen LogP contribution < -0.4 is 0 Å². The fraction of sp³-hybridized carbons (Fsp3) is 0.625. The van der Waals surface area contributed by atoms with Crippen molar-refractivity contribution in [3.8, 4) is 0 Å². The molecule has 1 unspecified atom stereocenters. The van der Waals surface area contributed by atoms with Crippen LogP contribution in [0.25, 0.3) is 0 Å². The molecule has 3 rings (SSSR count). The quantitative estimate of drug-likeness (QED) is 0.903. The summed E-state index contributed by atoms with van der Waals surface area (Å²) in [6.07, 6.45) is 7.11. The van der Waals surface area contributed by atoms with Crippen LogP contribution in [0, 0.1) is 0 Å². The van der Waals surface area contributed by atoms with E-state index in [0.29, 0.717) is 13.0 Å². The average molecular weight is 289 g/mol. The van der Waals surface area contributed by atoms with E-state index in [1.165, 1.54) is 5.56 Å². The first-order chi connectivity index (χ1) is 10.2. The van der Waals surface area contributed by atoms with Gasteiger partial charge in [0.15, 0.2) is 5.60 Å². The van der Waals surface area contributed by atoms with Gasteiger partial charge in [0.1, 0.15) is 0 Å². The number of amides is 1. The van der Waals surface area contributed by atoms with Gasteiger partial charge in [0.05, 0.1) is 0 Å². The standard InChI is InChI=1S/C16H23N3O2/c20-15(19-10-1-2-11-19)16(21)6-3-9-18(13-16)12-14-4-7-17-8-5-14/h4-5,7-8,21H,1-3,6,9-13H2. The molecule has 0 bridgehead atoms. The minimum absolute atomic E-state index is 0.0700. The van der Waals surface area contributed by atoms with Gasteiger partial charge in [0.25, 0.3) is 5.91 Å². The number of carbonyl (C=O) groups excluding carboxylic acids is 1.